The molecule has 196 valence electrons. The summed E-state index contributed by atoms with van der Waals surface area (Å²) in [4.78, 5) is 0. The molecule has 3 aromatic carbocycles. The molecule has 0 heterocycles. The zero-order valence-corrected chi connectivity index (χ0v) is 21.6. The average Bonchev–Trinajstić information content (AvgIpc) is 2.86. The summed E-state index contributed by atoms with van der Waals surface area (Å²) in [6.45, 7) is 4.10. The molecular weight excluding hydrogens is 462 g/mol. The highest BCUT2D eigenvalue weighted by molar-refractivity contribution is 5.51. The molecule has 3 rings (SSSR count). The van der Waals surface area contributed by atoms with E-state index in [4.69, 9.17) is 18.9 Å². The summed E-state index contributed by atoms with van der Waals surface area (Å²) in [7, 11) is 6.59. The van der Waals surface area contributed by atoms with Crippen LogP contribution >= 0.6 is 0 Å². The molecule has 0 aromatic heterocycles. The Kier molecular flexibility index (Phi) is 11.2. The Balaban J connectivity index is 0.000000302. The lowest BCUT2D eigenvalue weighted by atomic mass is 9.71. The standard InChI is InChI=1S/C20H18O3.C8H20NO4/c1-20(14-2-8-17(21)9-3-14,15-4-10-18(22)11-5-15)16-6-12-19(23)13-7-16;1-10-5-9(6-11-2,7-12-3)8-13-4/h2-13,21-23H,1H3;5-8H2,1-4H3/q;+1/p-1. The Morgan fingerprint density at radius 3 is 1.14 bits per heavy atom. The van der Waals surface area contributed by atoms with E-state index in [1.807, 2.05) is 36.4 Å². The second-order valence-electron chi connectivity index (χ2n) is 8.76. The Bertz CT molecular complexity index is 881. The third-order valence-electron chi connectivity index (χ3n) is 5.93. The van der Waals surface area contributed by atoms with Crippen LogP contribution in [0.25, 0.3) is 0 Å². The van der Waals surface area contributed by atoms with E-state index < -0.39 is 5.41 Å². The smallest absolute Gasteiger partial charge is 0.188 e. The van der Waals surface area contributed by atoms with Crippen LogP contribution in [-0.2, 0) is 24.4 Å². The molecule has 0 spiro atoms. The quantitative estimate of drug-likeness (QED) is 0.235. The molecule has 0 fully saturated rings. The van der Waals surface area contributed by atoms with Crippen molar-refractivity contribution in [1.82, 2.24) is 0 Å². The normalized spacial score (nSPS) is 11.6. The molecule has 0 aliphatic carbocycles. The van der Waals surface area contributed by atoms with Crippen LogP contribution in [0.1, 0.15) is 23.6 Å². The minimum absolute atomic E-state index is 0.0347. The lowest BCUT2D eigenvalue weighted by Gasteiger charge is -2.34. The first-order valence-electron chi connectivity index (χ1n) is 11.4. The van der Waals surface area contributed by atoms with Gasteiger partial charge in [-0.15, -0.1) is 5.75 Å². The largest absolute Gasteiger partial charge is 0.872 e. The van der Waals surface area contributed by atoms with Gasteiger partial charge in [0.25, 0.3) is 0 Å². The summed E-state index contributed by atoms with van der Waals surface area (Å²) in [5.41, 5.74) is 2.43. The van der Waals surface area contributed by atoms with Gasteiger partial charge in [0.1, 0.15) is 11.5 Å². The van der Waals surface area contributed by atoms with Gasteiger partial charge in [0, 0.05) is 33.9 Å². The van der Waals surface area contributed by atoms with E-state index in [0.29, 0.717) is 31.4 Å². The molecule has 0 radical (unpaired) electrons. The van der Waals surface area contributed by atoms with E-state index in [0.717, 1.165) is 16.7 Å². The van der Waals surface area contributed by atoms with Crippen LogP contribution in [0, 0.1) is 0 Å². The molecule has 0 unspecified atom stereocenters. The molecule has 0 atom stereocenters. The number of aromatic hydroxyl groups is 2. The number of methoxy groups -OCH3 is 4. The van der Waals surface area contributed by atoms with Gasteiger partial charge in [-0.25, -0.2) is 4.48 Å². The number of rotatable bonds is 11. The molecule has 0 bridgehead atoms. The van der Waals surface area contributed by atoms with E-state index >= 15 is 0 Å². The van der Waals surface area contributed by atoms with Gasteiger partial charge >= 0.3 is 0 Å². The number of nitrogens with zero attached hydrogens (tertiary/aromatic N) is 1. The van der Waals surface area contributed by atoms with Crippen LogP contribution in [0.15, 0.2) is 72.8 Å². The first-order chi connectivity index (χ1) is 17.2. The van der Waals surface area contributed by atoms with Gasteiger partial charge in [0.2, 0.25) is 0 Å². The average molecular weight is 500 g/mol. The third kappa shape index (κ3) is 7.43. The summed E-state index contributed by atoms with van der Waals surface area (Å²) < 4.78 is 20.9. The Hall–Kier alpha value is -3.14. The van der Waals surface area contributed by atoms with Crippen molar-refractivity contribution in [2.24, 2.45) is 0 Å². The number of phenols is 2. The van der Waals surface area contributed by atoms with Crippen molar-refractivity contribution in [3.05, 3.63) is 89.5 Å². The minimum atomic E-state index is -0.505. The van der Waals surface area contributed by atoms with E-state index in [9.17, 15) is 15.3 Å². The van der Waals surface area contributed by atoms with Gasteiger partial charge in [-0.1, -0.05) is 48.5 Å². The molecule has 8 heteroatoms. The van der Waals surface area contributed by atoms with E-state index in [2.05, 4.69) is 6.92 Å². The number of quaternary nitrogens is 1. The topological polar surface area (TPSA) is 100 Å². The number of phenolic OH excluding ortho intramolecular Hbond substituents is 2. The second kappa shape index (κ2) is 13.8. The maximum absolute atomic E-state index is 11.4. The Morgan fingerprint density at radius 1 is 0.583 bits per heavy atom. The highest BCUT2D eigenvalue weighted by Gasteiger charge is 2.31. The van der Waals surface area contributed by atoms with Crippen molar-refractivity contribution in [1.29, 1.82) is 0 Å². The fraction of sp³-hybridized carbons (Fsp3) is 0.357. The zero-order valence-electron chi connectivity index (χ0n) is 21.6. The maximum atomic E-state index is 11.4. The Labute approximate surface area is 213 Å². The number of benzene rings is 3. The van der Waals surface area contributed by atoms with Gasteiger partial charge in [-0.05, 0) is 47.9 Å². The summed E-state index contributed by atoms with van der Waals surface area (Å²) in [5, 5.41) is 30.6. The van der Waals surface area contributed by atoms with Crippen LogP contribution in [0.4, 0.5) is 0 Å². The lowest BCUT2D eigenvalue weighted by molar-refractivity contribution is -0.991. The van der Waals surface area contributed by atoms with Gasteiger partial charge in [-0.2, -0.15) is 0 Å². The monoisotopic (exact) mass is 499 g/mol. The van der Waals surface area contributed by atoms with E-state index in [1.54, 1.807) is 64.8 Å². The highest BCUT2D eigenvalue weighted by atomic mass is 16.6. The number of ether oxygens (including phenoxy) is 4. The number of hydrogen-bond donors (Lipinski definition) is 2. The summed E-state index contributed by atoms with van der Waals surface area (Å²) >= 11 is 0. The molecule has 2 N–H and O–H groups in total. The lowest BCUT2D eigenvalue weighted by Crippen LogP contribution is -2.52. The van der Waals surface area contributed by atoms with Gasteiger partial charge in [0.15, 0.2) is 26.9 Å². The van der Waals surface area contributed by atoms with Gasteiger partial charge in [0.05, 0.1) is 0 Å². The van der Waals surface area contributed by atoms with Crippen LogP contribution in [0.5, 0.6) is 17.2 Å². The van der Waals surface area contributed by atoms with Crippen molar-refractivity contribution in [3.63, 3.8) is 0 Å². The number of hydrogen-bond acceptors (Lipinski definition) is 7. The maximum Gasteiger partial charge on any atom is 0.188 e. The van der Waals surface area contributed by atoms with Gasteiger partial charge in [-0.3, -0.25) is 0 Å². The molecule has 36 heavy (non-hydrogen) atoms. The van der Waals surface area contributed by atoms with Crippen molar-refractivity contribution >= 4 is 0 Å². The fourth-order valence-electron chi connectivity index (χ4n) is 4.20. The predicted molar refractivity (Wildman–Crippen MR) is 135 cm³/mol. The third-order valence-corrected chi connectivity index (χ3v) is 5.93. The van der Waals surface area contributed by atoms with Crippen LogP contribution in [-0.4, -0.2) is 70.1 Å². The molecule has 0 amide bonds. The van der Waals surface area contributed by atoms with Gasteiger partial charge < -0.3 is 34.3 Å². The molecular formula is C28H37NO7. The van der Waals surface area contributed by atoms with Crippen molar-refractivity contribution in [2.45, 2.75) is 12.3 Å². The summed E-state index contributed by atoms with van der Waals surface area (Å²) in [5.74, 6) is 0.376. The van der Waals surface area contributed by atoms with Crippen molar-refractivity contribution in [3.8, 4) is 17.2 Å². The zero-order chi connectivity index (χ0) is 26.6. The molecule has 0 aliphatic rings. The summed E-state index contributed by atoms with van der Waals surface area (Å²) in [6.07, 6.45) is 0. The van der Waals surface area contributed by atoms with E-state index in [-0.39, 0.29) is 17.2 Å². The highest BCUT2D eigenvalue weighted by Crippen LogP contribution is 2.40. The molecule has 8 nitrogen and oxygen atoms in total. The molecule has 0 aliphatic heterocycles. The SMILES string of the molecule is CC(c1ccc([O-])cc1)(c1ccc(O)cc1)c1ccc(O)cc1.COC[N+](COC)(COC)COC. The van der Waals surface area contributed by atoms with Crippen molar-refractivity contribution < 1.29 is 38.8 Å². The molecule has 0 saturated carbocycles. The van der Waals surface area contributed by atoms with Crippen LogP contribution in [0.3, 0.4) is 0 Å². The first kappa shape index (κ1) is 29.1. The van der Waals surface area contributed by atoms with Crippen LogP contribution < -0.4 is 5.11 Å². The molecule has 0 saturated heterocycles. The van der Waals surface area contributed by atoms with Crippen molar-refractivity contribution in [2.75, 3.05) is 55.4 Å². The molecule has 3 aromatic rings. The fourth-order valence-corrected chi connectivity index (χ4v) is 4.20. The minimum Gasteiger partial charge on any atom is -0.872 e. The van der Waals surface area contributed by atoms with E-state index in [1.165, 1.54) is 0 Å². The summed E-state index contributed by atoms with van der Waals surface area (Å²) in [6, 6.07) is 20.8. The Morgan fingerprint density at radius 2 is 0.861 bits per heavy atom. The van der Waals surface area contributed by atoms with Crippen LogP contribution in [0.2, 0.25) is 0 Å². The second-order valence-corrected chi connectivity index (χ2v) is 8.76. The first-order valence-corrected chi connectivity index (χ1v) is 11.4. The predicted octanol–water partition coefficient (Wildman–Crippen LogP) is 3.74.